The fourth-order valence-electron chi connectivity index (χ4n) is 1.51. The highest BCUT2D eigenvalue weighted by atomic mass is 35.5. The molecule has 0 radical (unpaired) electrons. The number of aromatic hydroxyl groups is 1. The van der Waals surface area contributed by atoms with Crippen molar-refractivity contribution >= 4 is 11.6 Å². The lowest BCUT2D eigenvalue weighted by atomic mass is 10.1. The van der Waals surface area contributed by atoms with Gasteiger partial charge in [0.15, 0.2) is 0 Å². The second-order valence-electron chi connectivity index (χ2n) is 3.57. The van der Waals surface area contributed by atoms with E-state index in [2.05, 4.69) is 9.97 Å². The number of nitrogens with zero attached hydrogens (tertiary/aromatic N) is 3. The van der Waals surface area contributed by atoms with Gasteiger partial charge < -0.3 is 5.11 Å². The predicted octanol–water partition coefficient (Wildman–Crippen LogP) is 3.31. The molecule has 0 unspecified atom stereocenters. The number of alkyl halides is 2. The van der Waals surface area contributed by atoms with Crippen molar-refractivity contribution in [2.24, 2.45) is 0 Å². The van der Waals surface area contributed by atoms with E-state index in [1.165, 1.54) is 18.2 Å². The number of rotatable bonds is 2. The van der Waals surface area contributed by atoms with E-state index in [0.29, 0.717) is 5.56 Å². The first-order chi connectivity index (χ1) is 9.04. The summed E-state index contributed by atoms with van der Waals surface area (Å²) in [7, 11) is 0. The molecule has 0 aliphatic heterocycles. The quantitative estimate of drug-likeness (QED) is 0.917. The summed E-state index contributed by atoms with van der Waals surface area (Å²) in [6.45, 7) is 0. The van der Waals surface area contributed by atoms with Crippen LogP contribution in [0.25, 0.3) is 11.3 Å². The van der Waals surface area contributed by atoms with Gasteiger partial charge >= 0.3 is 0 Å². The normalized spacial score (nSPS) is 10.5. The summed E-state index contributed by atoms with van der Waals surface area (Å²) in [4.78, 5) is 7.23. The van der Waals surface area contributed by atoms with Crippen LogP contribution in [0.3, 0.4) is 0 Å². The van der Waals surface area contributed by atoms with Crippen molar-refractivity contribution in [3.05, 3.63) is 40.8 Å². The molecule has 0 atom stereocenters. The number of phenols is 1. The molecule has 0 saturated carbocycles. The van der Waals surface area contributed by atoms with Gasteiger partial charge in [0.1, 0.15) is 23.8 Å². The summed E-state index contributed by atoms with van der Waals surface area (Å²) < 4.78 is 25.3. The molecule has 1 N–H and O–H groups in total. The Kier molecular flexibility index (Phi) is 3.58. The first kappa shape index (κ1) is 13.2. The molecule has 0 saturated heterocycles. The third-order valence-corrected chi connectivity index (χ3v) is 2.79. The molecule has 0 spiro atoms. The Bertz CT molecular complexity index is 671. The van der Waals surface area contributed by atoms with Gasteiger partial charge in [-0.3, -0.25) is 0 Å². The standard InChI is InChI=1S/C12H6ClF2N3O/c13-9-10(17-5-18-11(9)12(14)15)6-1-2-7(4-16)8(19)3-6/h1-3,5,12,19H. The fourth-order valence-corrected chi connectivity index (χ4v) is 1.80. The van der Waals surface area contributed by atoms with Crippen molar-refractivity contribution in [1.29, 1.82) is 5.26 Å². The minimum absolute atomic E-state index is 0.0722. The number of hydrogen-bond donors (Lipinski definition) is 1. The highest BCUT2D eigenvalue weighted by Gasteiger charge is 2.18. The van der Waals surface area contributed by atoms with Crippen LogP contribution in [0.15, 0.2) is 24.5 Å². The van der Waals surface area contributed by atoms with Crippen LogP contribution < -0.4 is 0 Å². The van der Waals surface area contributed by atoms with Gasteiger partial charge in [-0.2, -0.15) is 5.26 Å². The average Bonchev–Trinajstić information content (AvgIpc) is 2.38. The summed E-state index contributed by atoms with van der Waals surface area (Å²) in [6.07, 6.45) is -1.85. The van der Waals surface area contributed by atoms with Gasteiger partial charge in [-0.1, -0.05) is 17.7 Å². The molecule has 0 bridgehead atoms. The predicted molar refractivity (Wildman–Crippen MR) is 63.8 cm³/mol. The highest BCUT2D eigenvalue weighted by Crippen LogP contribution is 2.34. The van der Waals surface area contributed by atoms with E-state index in [4.69, 9.17) is 16.9 Å². The van der Waals surface area contributed by atoms with Crippen molar-refractivity contribution in [3.8, 4) is 23.1 Å². The maximum atomic E-state index is 12.7. The van der Waals surface area contributed by atoms with Crippen LogP contribution in [0.4, 0.5) is 8.78 Å². The third kappa shape index (κ3) is 2.46. The SMILES string of the molecule is N#Cc1ccc(-c2ncnc(C(F)F)c2Cl)cc1O. The first-order valence-electron chi connectivity index (χ1n) is 5.06. The molecule has 2 rings (SSSR count). The van der Waals surface area contributed by atoms with Gasteiger partial charge in [0.25, 0.3) is 6.43 Å². The van der Waals surface area contributed by atoms with Crippen molar-refractivity contribution < 1.29 is 13.9 Å². The molecule has 4 nitrogen and oxygen atoms in total. The van der Waals surface area contributed by atoms with Crippen molar-refractivity contribution in [2.75, 3.05) is 0 Å². The maximum absolute atomic E-state index is 12.7. The largest absolute Gasteiger partial charge is 0.507 e. The van der Waals surface area contributed by atoms with E-state index in [9.17, 15) is 13.9 Å². The van der Waals surface area contributed by atoms with Gasteiger partial charge in [-0.15, -0.1) is 0 Å². The lowest BCUT2D eigenvalue weighted by molar-refractivity contribution is 0.146. The van der Waals surface area contributed by atoms with Gasteiger partial charge in [-0.25, -0.2) is 18.7 Å². The van der Waals surface area contributed by atoms with Crippen LogP contribution in [-0.2, 0) is 0 Å². The van der Waals surface area contributed by atoms with E-state index in [1.807, 2.05) is 0 Å². The van der Waals surface area contributed by atoms with E-state index < -0.39 is 12.1 Å². The lowest BCUT2D eigenvalue weighted by Gasteiger charge is -2.07. The Morgan fingerprint density at radius 1 is 1.32 bits per heavy atom. The smallest absolute Gasteiger partial charge is 0.281 e. The molecule has 96 valence electrons. The molecule has 19 heavy (non-hydrogen) atoms. The van der Waals surface area contributed by atoms with E-state index >= 15 is 0 Å². The second-order valence-corrected chi connectivity index (χ2v) is 3.94. The topological polar surface area (TPSA) is 69.8 Å². The summed E-state index contributed by atoms with van der Waals surface area (Å²) in [5.41, 5.74) is -0.101. The third-order valence-electron chi connectivity index (χ3n) is 2.41. The van der Waals surface area contributed by atoms with Gasteiger partial charge in [-0.05, 0) is 12.1 Å². The summed E-state index contributed by atoms with van der Waals surface area (Å²) in [5.74, 6) is -0.270. The van der Waals surface area contributed by atoms with Gasteiger partial charge in [0.2, 0.25) is 0 Å². The molecule has 1 heterocycles. The molecule has 1 aromatic carbocycles. The molecule has 7 heteroatoms. The Morgan fingerprint density at radius 3 is 2.63 bits per heavy atom. The van der Waals surface area contributed by atoms with Crippen molar-refractivity contribution in [3.63, 3.8) is 0 Å². The average molecular weight is 282 g/mol. The van der Waals surface area contributed by atoms with Crippen LogP contribution in [0.1, 0.15) is 17.7 Å². The molecule has 1 aromatic heterocycles. The summed E-state index contributed by atoms with van der Waals surface area (Å²) in [6, 6.07) is 5.83. The van der Waals surface area contributed by atoms with Crippen LogP contribution in [0.5, 0.6) is 5.75 Å². The Morgan fingerprint density at radius 2 is 2.05 bits per heavy atom. The Balaban J connectivity index is 2.57. The van der Waals surface area contributed by atoms with Crippen LogP contribution in [-0.4, -0.2) is 15.1 Å². The van der Waals surface area contributed by atoms with Crippen LogP contribution in [0.2, 0.25) is 5.02 Å². The first-order valence-corrected chi connectivity index (χ1v) is 5.44. The Labute approximate surface area is 111 Å². The number of benzene rings is 1. The molecule has 0 fully saturated rings. The van der Waals surface area contributed by atoms with Crippen molar-refractivity contribution in [2.45, 2.75) is 6.43 Å². The summed E-state index contributed by atoms with van der Waals surface area (Å²) in [5, 5.41) is 18.0. The fraction of sp³-hybridized carbons (Fsp3) is 0.0833. The van der Waals surface area contributed by atoms with Gasteiger partial charge in [0, 0.05) is 5.56 Å². The second kappa shape index (κ2) is 5.16. The number of halogens is 3. The van der Waals surface area contributed by atoms with E-state index in [1.54, 1.807) is 6.07 Å². The lowest BCUT2D eigenvalue weighted by Crippen LogP contribution is -1.96. The van der Waals surface area contributed by atoms with Gasteiger partial charge in [0.05, 0.1) is 16.3 Å². The zero-order valence-electron chi connectivity index (χ0n) is 9.31. The molecular weight excluding hydrogens is 276 g/mol. The summed E-state index contributed by atoms with van der Waals surface area (Å²) >= 11 is 5.81. The van der Waals surface area contributed by atoms with Crippen LogP contribution in [0, 0.1) is 11.3 Å². The Hall–Kier alpha value is -2.26. The van der Waals surface area contributed by atoms with E-state index in [-0.39, 0.29) is 22.0 Å². The molecule has 2 aromatic rings. The number of phenolic OH excluding ortho intramolecular Hbond substituents is 1. The molecule has 0 aliphatic carbocycles. The number of aromatic nitrogens is 2. The van der Waals surface area contributed by atoms with Crippen molar-refractivity contribution in [1.82, 2.24) is 9.97 Å². The molecule has 0 amide bonds. The molecular formula is C12H6ClF2N3O. The monoisotopic (exact) mass is 281 g/mol. The number of nitriles is 1. The highest BCUT2D eigenvalue weighted by molar-refractivity contribution is 6.33. The zero-order chi connectivity index (χ0) is 14.0. The molecule has 0 aliphatic rings. The minimum atomic E-state index is -2.82. The maximum Gasteiger partial charge on any atom is 0.281 e. The van der Waals surface area contributed by atoms with Crippen LogP contribution >= 0.6 is 11.6 Å². The zero-order valence-corrected chi connectivity index (χ0v) is 10.1. The number of hydrogen-bond acceptors (Lipinski definition) is 4. The minimum Gasteiger partial charge on any atom is -0.507 e. The van der Waals surface area contributed by atoms with E-state index in [0.717, 1.165) is 6.33 Å².